The molecule has 0 fully saturated rings. The highest BCUT2D eigenvalue weighted by Crippen LogP contribution is 2.07. The molecule has 6 nitrogen and oxygen atoms in total. The molecule has 0 aliphatic rings. The van der Waals surface area contributed by atoms with Crippen molar-refractivity contribution in [1.82, 2.24) is 16.0 Å². The summed E-state index contributed by atoms with van der Waals surface area (Å²) >= 11 is 0. The molecule has 1 rings (SSSR count). The van der Waals surface area contributed by atoms with Gasteiger partial charge < -0.3 is 20.4 Å². The Balaban J connectivity index is 0.00000441. The molecular formula is C15H27IN4O2. The molecule has 0 saturated heterocycles. The zero-order valence-electron chi connectivity index (χ0n) is 13.9. The van der Waals surface area contributed by atoms with Crippen molar-refractivity contribution in [2.75, 3.05) is 20.1 Å². The van der Waals surface area contributed by atoms with Crippen molar-refractivity contribution in [3.8, 4) is 0 Å². The lowest BCUT2D eigenvalue weighted by Gasteiger charge is -2.23. The molecule has 1 aromatic heterocycles. The molecule has 3 N–H and O–H groups in total. The molecule has 7 heteroatoms. The summed E-state index contributed by atoms with van der Waals surface area (Å²) in [6.45, 7) is 9.39. The molecular weight excluding hydrogens is 395 g/mol. The molecule has 0 aromatic carbocycles. The maximum atomic E-state index is 11.8. The van der Waals surface area contributed by atoms with Crippen LogP contribution in [0.1, 0.15) is 43.3 Å². The van der Waals surface area contributed by atoms with Crippen LogP contribution in [0.25, 0.3) is 0 Å². The van der Waals surface area contributed by atoms with E-state index >= 15 is 0 Å². The van der Waals surface area contributed by atoms with Crippen LogP contribution >= 0.6 is 24.0 Å². The molecule has 0 atom stereocenters. The van der Waals surface area contributed by atoms with Crippen LogP contribution in [0.2, 0.25) is 0 Å². The molecule has 22 heavy (non-hydrogen) atoms. The molecule has 1 aromatic rings. The highest BCUT2D eigenvalue weighted by Gasteiger charge is 2.12. The maximum absolute atomic E-state index is 11.8. The van der Waals surface area contributed by atoms with Gasteiger partial charge in [-0.25, -0.2) is 0 Å². The van der Waals surface area contributed by atoms with Crippen molar-refractivity contribution in [2.24, 2.45) is 4.99 Å². The van der Waals surface area contributed by atoms with Gasteiger partial charge in [0.2, 0.25) is 0 Å². The van der Waals surface area contributed by atoms with Crippen molar-refractivity contribution in [2.45, 2.75) is 39.7 Å². The normalized spacial score (nSPS) is 11.6. The van der Waals surface area contributed by atoms with Crippen LogP contribution in [0.4, 0.5) is 0 Å². The van der Waals surface area contributed by atoms with Gasteiger partial charge in [-0.3, -0.25) is 9.79 Å². The molecule has 0 unspecified atom stereocenters. The molecule has 0 saturated carbocycles. The summed E-state index contributed by atoms with van der Waals surface area (Å²) in [5, 5.41) is 9.31. The zero-order chi connectivity index (χ0) is 15.9. The molecule has 0 aliphatic heterocycles. The number of aryl methyl sites for hydroxylation is 1. The minimum absolute atomic E-state index is 0. The van der Waals surface area contributed by atoms with Gasteiger partial charge in [-0.2, -0.15) is 0 Å². The summed E-state index contributed by atoms with van der Waals surface area (Å²) < 4.78 is 5.14. The highest BCUT2D eigenvalue weighted by molar-refractivity contribution is 14.0. The van der Waals surface area contributed by atoms with Crippen LogP contribution in [-0.2, 0) is 0 Å². The number of hydrogen-bond acceptors (Lipinski definition) is 3. The predicted octanol–water partition coefficient (Wildman–Crippen LogP) is 2.29. The lowest BCUT2D eigenvalue weighted by atomic mass is 10.1. The summed E-state index contributed by atoms with van der Waals surface area (Å²) in [6, 6.07) is 1.78. The number of hydrogen-bond donors (Lipinski definition) is 3. The van der Waals surface area contributed by atoms with Gasteiger partial charge in [0.15, 0.2) is 11.7 Å². The standard InChI is InChI=1S/C15H26N4O2.HI/c1-11-7-10-21-12(11)13(20)17-8-6-9-18-14(16-5)19-15(2,3)4;/h7,10H,6,8-9H2,1-5H3,(H,17,20)(H2,16,18,19);1H. The molecule has 0 aliphatic carbocycles. The molecule has 0 radical (unpaired) electrons. The Bertz CT molecular complexity index is 492. The van der Waals surface area contributed by atoms with E-state index in [0.29, 0.717) is 12.3 Å². The fourth-order valence-corrected chi connectivity index (χ4v) is 1.72. The number of amides is 1. The largest absolute Gasteiger partial charge is 0.459 e. The van der Waals surface area contributed by atoms with Gasteiger partial charge in [-0.15, -0.1) is 24.0 Å². The Morgan fingerprint density at radius 3 is 2.41 bits per heavy atom. The minimum Gasteiger partial charge on any atom is -0.459 e. The van der Waals surface area contributed by atoms with Gasteiger partial charge in [-0.1, -0.05) is 0 Å². The molecule has 0 bridgehead atoms. The number of carbonyl (C=O) groups is 1. The van der Waals surface area contributed by atoms with Crippen LogP contribution in [0.3, 0.4) is 0 Å². The number of guanidine groups is 1. The first kappa shape index (κ1) is 20.8. The van der Waals surface area contributed by atoms with E-state index in [-0.39, 0.29) is 35.4 Å². The van der Waals surface area contributed by atoms with Gasteiger partial charge in [-0.05, 0) is 40.2 Å². The van der Waals surface area contributed by atoms with Crippen LogP contribution in [0, 0.1) is 6.92 Å². The van der Waals surface area contributed by atoms with Crippen molar-refractivity contribution < 1.29 is 9.21 Å². The van der Waals surface area contributed by atoms with E-state index in [1.807, 2.05) is 6.92 Å². The number of carbonyl (C=O) groups excluding carboxylic acids is 1. The van der Waals surface area contributed by atoms with E-state index in [9.17, 15) is 4.79 Å². The zero-order valence-corrected chi connectivity index (χ0v) is 16.3. The number of aliphatic imine (C=N–C) groups is 1. The average molecular weight is 422 g/mol. The number of furan rings is 1. The van der Waals surface area contributed by atoms with Crippen molar-refractivity contribution in [3.05, 3.63) is 23.7 Å². The first-order chi connectivity index (χ1) is 9.83. The lowest BCUT2D eigenvalue weighted by Crippen LogP contribution is -2.48. The second-order valence-corrected chi connectivity index (χ2v) is 5.92. The smallest absolute Gasteiger partial charge is 0.287 e. The monoisotopic (exact) mass is 422 g/mol. The van der Waals surface area contributed by atoms with E-state index < -0.39 is 0 Å². The van der Waals surface area contributed by atoms with E-state index in [2.05, 4.69) is 41.7 Å². The van der Waals surface area contributed by atoms with Crippen molar-refractivity contribution >= 4 is 35.8 Å². The molecule has 1 heterocycles. The van der Waals surface area contributed by atoms with Crippen LogP contribution in [-0.4, -0.2) is 37.5 Å². The van der Waals surface area contributed by atoms with Crippen LogP contribution < -0.4 is 16.0 Å². The Morgan fingerprint density at radius 2 is 1.91 bits per heavy atom. The second kappa shape index (κ2) is 9.70. The van der Waals surface area contributed by atoms with E-state index in [4.69, 9.17) is 4.42 Å². The number of rotatable bonds is 5. The summed E-state index contributed by atoms with van der Waals surface area (Å²) in [5.41, 5.74) is 0.813. The lowest BCUT2D eigenvalue weighted by molar-refractivity contribution is 0.0925. The third-order valence-electron chi connectivity index (χ3n) is 2.72. The Kier molecular flexibility index (Phi) is 9.15. The molecule has 126 valence electrons. The number of nitrogens with zero attached hydrogens (tertiary/aromatic N) is 1. The topological polar surface area (TPSA) is 78.7 Å². The Hall–Kier alpha value is -1.25. The van der Waals surface area contributed by atoms with Gasteiger partial charge in [0, 0.05) is 31.2 Å². The summed E-state index contributed by atoms with van der Waals surface area (Å²) in [4.78, 5) is 16.0. The Morgan fingerprint density at radius 1 is 1.27 bits per heavy atom. The third-order valence-corrected chi connectivity index (χ3v) is 2.72. The van der Waals surface area contributed by atoms with Gasteiger partial charge in [0.05, 0.1) is 6.26 Å². The first-order valence-electron chi connectivity index (χ1n) is 7.14. The molecule has 0 spiro atoms. The van der Waals surface area contributed by atoms with Gasteiger partial charge >= 0.3 is 0 Å². The van der Waals surface area contributed by atoms with Crippen LogP contribution in [0.15, 0.2) is 21.7 Å². The van der Waals surface area contributed by atoms with Crippen LogP contribution in [0.5, 0.6) is 0 Å². The fourth-order valence-electron chi connectivity index (χ4n) is 1.72. The maximum Gasteiger partial charge on any atom is 0.287 e. The first-order valence-corrected chi connectivity index (χ1v) is 7.14. The third kappa shape index (κ3) is 7.67. The van der Waals surface area contributed by atoms with Gasteiger partial charge in [0.1, 0.15) is 0 Å². The SMILES string of the molecule is CN=C(NCCCNC(=O)c1occc1C)NC(C)(C)C.I. The summed E-state index contributed by atoms with van der Waals surface area (Å²) in [5.74, 6) is 0.971. The van der Waals surface area contributed by atoms with Gasteiger partial charge in [0.25, 0.3) is 5.91 Å². The average Bonchev–Trinajstić information content (AvgIpc) is 2.81. The van der Waals surface area contributed by atoms with Crippen molar-refractivity contribution in [1.29, 1.82) is 0 Å². The predicted molar refractivity (Wildman–Crippen MR) is 100 cm³/mol. The Labute approximate surface area is 149 Å². The summed E-state index contributed by atoms with van der Waals surface area (Å²) in [6.07, 6.45) is 2.32. The summed E-state index contributed by atoms with van der Waals surface area (Å²) in [7, 11) is 1.74. The fraction of sp³-hybridized carbons (Fsp3) is 0.600. The number of nitrogens with one attached hydrogen (secondary N) is 3. The number of halogens is 1. The highest BCUT2D eigenvalue weighted by atomic mass is 127. The van der Waals surface area contributed by atoms with E-state index in [1.165, 1.54) is 6.26 Å². The van der Waals surface area contributed by atoms with E-state index in [0.717, 1.165) is 24.5 Å². The minimum atomic E-state index is -0.172. The quantitative estimate of drug-likeness (QED) is 0.295. The molecule has 1 amide bonds. The van der Waals surface area contributed by atoms with Crippen molar-refractivity contribution in [3.63, 3.8) is 0 Å². The van der Waals surface area contributed by atoms with E-state index in [1.54, 1.807) is 13.1 Å². The second-order valence-electron chi connectivity index (χ2n) is 5.92.